The summed E-state index contributed by atoms with van der Waals surface area (Å²) < 4.78 is 0. The van der Waals surface area contributed by atoms with E-state index in [1.165, 1.54) is 0 Å². The van der Waals surface area contributed by atoms with Crippen molar-refractivity contribution in [2.24, 2.45) is 0 Å². The first-order valence-electron chi connectivity index (χ1n) is 10.6. The average molecular weight is 478 g/mol. The molecule has 1 aliphatic carbocycles. The minimum atomic E-state index is -0.168. The van der Waals surface area contributed by atoms with Gasteiger partial charge in [-0.15, -0.1) is 0 Å². The van der Waals surface area contributed by atoms with E-state index < -0.39 is 0 Å². The molecule has 1 atom stereocenters. The van der Waals surface area contributed by atoms with E-state index >= 15 is 0 Å². The molecule has 166 valence electrons. The highest BCUT2D eigenvalue weighted by Gasteiger charge is 2.27. The van der Waals surface area contributed by atoms with Gasteiger partial charge in [0.05, 0.1) is 28.5 Å². The number of anilines is 1. The van der Waals surface area contributed by atoms with Crippen LogP contribution in [0.2, 0.25) is 10.0 Å². The monoisotopic (exact) mass is 477 g/mol. The highest BCUT2D eigenvalue weighted by molar-refractivity contribution is 6.35. The largest absolute Gasteiger partial charge is 0.376 e. The van der Waals surface area contributed by atoms with Crippen LogP contribution in [0.5, 0.6) is 0 Å². The van der Waals surface area contributed by atoms with Crippen LogP contribution in [0.4, 0.5) is 5.69 Å². The summed E-state index contributed by atoms with van der Waals surface area (Å²) in [6, 6.07) is 11.0. The van der Waals surface area contributed by atoms with Gasteiger partial charge in [-0.05, 0) is 48.7 Å². The lowest BCUT2D eigenvalue weighted by molar-refractivity contribution is 0.0937. The van der Waals surface area contributed by atoms with Crippen LogP contribution in [0.15, 0.2) is 55.0 Å². The molecule has 0 radical (unpaired) electrons. The Hall–Kier alpha value is -3.22. The van der Waals surface area contributed by atoms with Gasteiger partial charge in [0.15, 0.2) is 0 Å². The van der Waals surface area contributed by atoms with E-state index in [2.05, 4.69) is 20.3 Å². The lowest BCUT2D eigenvalue weighted by Crippen LogP contribution is -2.29. The number of amides is 1. The number of hydrogen-bond donors (Lipinski definition) is 1. The lowest BCUT2D eigenvalue weighted by Gasteiger charge is -2.21. The Morgan fingerprint density at radius 2 is 1.85 bits per heavy atom. The van der Waals surface area contributed by atoms with Crippen molar-refractivity contribution in [3.05, 3.63) is 81.9 Å². The number of carbonyl (C=O) groups excluding carboxylic acids is 1. The normalized spacial score (nSPS) is 14.8. The van der Waals surface area contributed by atoms with Crippen LogP contribution in [0.1, 0.15) is 34.1 Å². The number of hydrogen-bond acceptors (Lipinski definition) is 5. The second-order valence-electron chi connectivity index (χ2n) is 8.23. The van der Waals surface area contributed by atoms with Crippen molar-refractivity contribution >= 4 is 45.7 Å². The van der Waals surface area contributed by atoms with Crippen molar-refractivity contribution in [1.29, 1.82) is 0 Å². The minimum Gasteiger partial charge on any atom is -0.376 e. The van der Waals surface area contributed by atoms with Crippen molar-refractivity contribution in [3.63, 3.8) is 0 Å². The van der Waals surface area contributed by atoms with Crippen molar-refractivity contribution in [1.82, 2.24) is 20.3 Å². The van der Waals surface area contributed by atoms with Crippen LogP contribution in [0.25, 0.3) is 22.2 Å². The number of nitrogens with zero attached hydrogens (tertiary/aromatic N) is 4. The van der Waals surface area contributed by atoms with E-state index in [0.29, 0.717) is 26.8 Å². The Bertz CT molecular complexity index is 1370. The van der Waals surface area contributed by atoms with Gasteiger partial charge in [-0.25, -0.2) is 0 Å². The summed E-state index contributed by atoms with van der Waals surface area (Å²) in [5, 5.41) is 5.04. The molecule has 0 aliphatic heterocycles. The molecule has 1 aromatic carbocycles. The number of rotatable bonds is 4. The Morgan fingerprint density at radius 3 is 2.61 bits per heavy atom. The third kappa shape index (κ3) is 4.01. The highest BCUT2D eigenvalue weighted by Crippen LogP contribution is 2.36. The summed E-state index contributed by atoms with van der Waals surface area (Å²) in [7, 11) is 3.83. The summed E-state index contributed by atoms with van der Waals surface area (Å²) in [6.45, 7) is 0. The van der Waals surface area contributed by atoms with E-state index in [1.54, 1.807) is 36.8 Å². The molecule has 4 aromatic rings. The molecule has 8 heteroatoms. The van der Waals surface area contributed by atoms with Gasteiger partial charge in [0.1, 0.15) is 0 Å². The number of aryl methyl sites for hydroxylation is 1. The first kappa shape index (κ1) is 21.6. The summed E-state index contributed by atoms with van der Waals surface area (Å²) in [5.41, 5.74) is 5.50. The molecule has 0 saturated heterocycles. The summed E-state index contributed by atoms with van der Waals surface area (Å²) in [6.07, 6.45) is 6.80. The zero-order valence-electron chi connectivity index (χ0n) is 18.1. The summed E-state index contributed by atoms with van der Waals surface area (Å²) in [4.78, 5) is 28.9. The average Bonchev–Trinajstić information content (AvgIpc) is 3.19. The van der Waals surface area contributed by atoms with Gasteiger partial charge in [0.2, 0.25) is 0 Å². The van der Waals surface area contributed by atoms with E-state index in [4.69, 9.17) is 23.2 Å². The van der Waals surface area contributed by atoms with Crippen LogP contribution in [-0.4, -0.2) is 35.0 Å². The first-order valence-corrected chi connectivity index (χ1v) is 11.3. The second kappa shape index (κ2) is 8.61. The van der Waals surface area contributed by atoms with Gasteiger partial charge in [0, 0.05) is 59.4 Å². The molecule has 33 heavy (non-hydrogen) atoms. The standard InChI is InChI=1S/C25H21Cl2N5O/c1-32(2)24-18-7-9-29-22(14-10-15(26)12-16(27)11-14)23(18)30-13-19(24)25(33)31-21-6-5-20-17(21)4-3-8-28-20/h3-4,7-13,21H,5-6H2,1-2H3,(H,31,33). The van der Waals surface area contributed by atoms with E-state index in [-0.39, 0.29) is 11.9 Å². The molecule has 1 amide bonds. The predicted molar refractivity (Wildman–Crippen MR) is 132 cm³/mol. The maximum Gasteiger partial charge on any atom is 0.255 e. The Morgan fingerprint density at radius 1 is 1.06 bits per heavy atom. The van der Waals surface area contributed by atoms with Crippen LogP contribution < -0.4 is 10.2 Å². The maximum atomic E-state index is 13.4. The van der Waals surface area contributed by atoms with E-state index in [0.717, 1.165) is 40.7 Å². The molecule has 1 unspecified atom stereocenters. The van der Waals surface area contributed by atoms with Crippen molar-refractivity contribution in [3.8, 4) is 11.3 Å². The number of carbonyl (C=O) groups is 1. The fraction of sp³-hybridized carbons (Fsp3) is 0.200. The molecular weight excluding hydrogens is 457 g/mol. The predicted octanol–water partition coefficient (Wildman–Crippen LogP) is 5.48. The van der Waals surface area contributed by atoms with Gasteiger partial charge in [-0.3, -0.25) is 19.7 Å². The molecule has 3 aromatic heterocycles. The molecule has 1 N–H and O–H groups in total. The third-order valence-corrected chi connectivity index (χ3v) is 6.30. The number of fused-ring (bicyclic) bond motifs is 2. The van der Waals surface area contributed by atoms with Crippen LogP contribution in [0.3, 0.4) is 0 Å². The molecule has 5 rings (SSSR count). The molecular formula is C25H21Cl2N5O. The first-order chi connectivity index (χ1) is 15.9. The van der Waals surface area contributed by atoms with Gasteiger partial charge in [0.25, 0.3) is 5.91 Å². The summed E-state index contributed by atoms with van der Waals surface area (Å²) in [5.74, 6) is -0.168. The topological polar surface area (TPSA) is 71.0 Å². The van der Waals surface area contributed by atoms with Gasteiger partial charge in [-0.2, -0.15) is 0 Å². The Kier molecular flexibility index (Phi) is 5.64. The molecule has 1 aliphatic rings. The zero-order valence-corrected chi connectivity index (χ0v) is 19.7. The highest BCUT2D eigenvalue weighted by atomic mass is 35.5. The smallest absolute Gasteiger partial charge is 0.255 e. The SMILES string of the molecule is CN(C)c1c(C(=O)NC2CCc3ncccc32)cnc2c(-c3cc(Cl)cc(Cl)c3)nccc12. The lowest BCUT2D eigenvalue weighted by atomic mass is 10.0. The number of halogens is 2. The van der Waals surface area contributed by atoms with E-state index in [1.807, 2.05) is 37.2 Å². The maximum absolute atomic E-state index is 13.4. The molecule has 0 fully saturated rings. The van der Waals surface area contributed by atoms with Crippen LogP contribution >= 0.6 is 23.2 Å². The van der Waals surface area contributed by atoms with Gasteiger partial charge >= 0.3 is 0 Å². The Balaban J connectivity index is 1.58. The van der Waals surface area contributed by atoms with Crippen molar-refractivity contribution in [2.75, 3.05) is 19.0 Å². The van der Waals surface area contributed by atoms with Gasteiger partial charge < -0.3 is 10.2 Å². The summed E-state index contributed by atoms with van der Waals surface area (Å²) >= 11 is 12.4. The Labute approximate surface area is 201 Å². The molecule has 0 bridgehead atoms. The number of nitrogens with one attached hydrogen (secondary N) is 1. The van der Waals surface area contributed by atoms with Crippen molar-refractivity contribution in [2.45, 2.75) is 18.9 Å². The van der Waals surface area contributed by atoms with Crippen molar-refractivity contribution < 1.29 is 4.79 Å². The molecule has 0 saturated carbocycles. The second-order valence-corrected chi connectivity index (χ2v) is 9.11. The van der Waals surface area contributed by atoms with E-state index in [9.17, 15) is 4.79 Å². The number of pyridine rings is 3. The molecule has 0 spiro atoms. The van der Waals surface area contributed by atoms with Crippen LogP contribution in [0, 0.1) is 0 Å². The third-order valence-electron chi connectivity index (χ3n) is 5.86. The van der Waals surface area contributed by atoms with Gasteiger partial charge in [-0.1, -0.05) is 29.3 Å². The molecule has 3 heterocycles. The zero-order chi connectivity index (χ0) is 23.1. The number of aromatic nitrogens is 3. The minimum absolute atomic E-state index is 0.0616. The fourth-order valence-corrected chi connectivity index (χ4v) is 4.99. The number of benzene rings is 1. The quantitative estimate of drug-likeness (QED) is 0.421. The van der Waals surface area contributed by atoms with Crippen LogP contribution in [-0.2, 0) is 6.42 Å². The fourth-order valence-electron chi connectivity index (χ4n) is 4.46. The molecule has 6 nitrogen and oxygen atoms in total.